The van der Waals surface area contributed by atoms with Gasteiger partial charge in [0, 0.05) is 0 Å². The number of nitrogens with one attached hydrogen (secondary N) is 1. The molecular weight excluding hydrogens is 426 g/mol. The first-order valence-electron chi connectivity index (χ1n) is 12.9. The van der Waals surface area contributed by atoms with Crippen LogP contribution < -0.4 is 10.1 Å². The Morgan fingerprint density at radius 3 is 2.24 bits per heavy atom. The van der Waals surface area contributed by atoms with E-state index < -0.39 is 11.4 Å². The summed E-state index contributed by atoms with van der Waals surface area (Å²) in [7, 11) is 0. The first-order valence-corrected chi connectivity index (χ1v) is 12.9. The van der Waals surface area contributed by atoms with Gasteiger partial charge < -0.3 is 15.2 Å². The highest BCUT2D eigenvalue weighted by Crippen LogP contribution is 2.42. The van der Waals surface area contributed by atoms with Crippen LogP contribution in [-0.4, -0.2) is 23.6 Å². The zero-order chi connectivity index (χ0) is 24.0. The van der Waals surface area contributed by atoms with Gasteiger partial charge in [-0.3, -0.25) is 4.79 Å². The van der Waals surface area contributed by atoms with Gasteiger partial charge in [0.15, 0.2) is 0 Å². The van der Waals surface area contributed by atoms with Crippen molar-refractivity contribution in [2.75, 3.05) is 6.61 Å². The molecule has 34 heavy (non-hydrogen) atoms. The summed E-state index contributed by atoms with van der Waals surface area (Å²) in [6.07, 6.45) is 11.6. The Morgan fingerprint density at radius 2 is 1.62 bits per heavy atom. The van der Waals surface area contributed by atoms with Crippen molar-refractivity contribution < 1.29 is 19.4 Å². The van der Waals surface area contributed by atoms with Crippen LogP contribution >= 0.6 is 0 Å². The van der Waals surface area contributed by atoms with Crippen LogP contribution in [0.1, 0.15) is 98.7 Å². The predicted molar refractivity (Wildman–Crippen MR) is 133 cm³/mol. The second kappa shape index (κ2) is 11.1. The molecule has 2 N–H and O–H groups in total. The van der Waals surface area contributed by atoms with E-state index in [1.807, 2.05) is 19.1 Å². The van der Waals surface area contributed by atoms with E-state index in [0.717, 1.165) is 61.5 Å². The van der Waals surface area contributed by atoms with E-state index in [1.165, 1.54) is 32.1 Å². The van der Waals surface area contributed by atoms with Gasteiger partial charge in [0.05, 0.1) is 23.6 Å². The number of amides is 1. The fourth-order valence-corrected chi connectivity index (χ4v) is 5.65. The van der Waals surface area contributed by atoms with Crippen molar-refractivity contribution in [3.8, 4) is 5.75 Å². The Balaban J connectivity index is 1.38. The SMILES string of the molecule is CC(NC(=O)C1(c2ccc(OCCC3CCCCC3)cc2)CCCC1)c1ccc(C(=O)O)cc1. The number of carbonyl (C=O) groups is 2. The minimum atomic E-state index is -0.949. The van der Waals surface area contributed by atoms with Gasteiger partial charge in [-0.2, -0.15) is 0 Å². The zero-order valence-corrected chi connectivity index (χ0v) is 20.2. The van der Waals surface area contributed by atoms with Crippen LogP contribution in [0.15, 0.2) is 48.5 Å². The maximum absolute atomic E-state index is 13.5. The van der Waals surface area contributed by atoms with Gasteiger partial charge in [-0.1, -0.05) is 69.2 Å². The Bertz CT molecular complexity index is 955. The molecule has 182 valence electrons. The molecule has 0 bridgehead atoms. The highest BCUT2D eigenvalue weighted by Gasteiger charge is 2.43. The summed E-state index contributed by atoms with van der Waals surface area (Å²) in [5.74, 6) is 0.779. The number of carboxylic acid groups (broad SMARTS) is 1. The van der Waals surface area contributed by atoms with E-state index in [1.54, 1.807) is 24.3 Å². The van der Waals surface area contributed by atoms with Gasteiger partial charge in [0.25, 0.3) is 0 Å². The molecular formula is C29H37NO4. The highest BCUT2D eigenvalue weighted by atomic mass is 16.5. The van der Waals surface area contributed by atoms with Crippen molar-refractivity contribution in [3.63, 3.8) is 0 Å². The fraction of sp³-hybridized carbons (Fsp3) is 0.517. The molecule has 5 nitrogen and oxygen atoms in total. The lowest BCUT2D eigenvalue weighted by molar-refractivity contribution is -0.127. The summed E-state index contributed by atoms with van der Waals surface area (Å²) >= 11 is 0. The van der Waals surface area contributed by atoms with Gasteiger partial charge in [-0.25, -0.2) is 4.79 Å². The number of hydrogen-bond donors (Lipinski definition) is 2. The summed E-state index contributed by atoms with van der Waals surface area (Å²) in [6.45, 7) is 2.70. The monoisotopic (exact) mass is 463 g/mol. The smallest absolute Gasteiger partial charge is 0.335 e. The molecule has 0 heterocycles. The van der Waals surface area contributed by atoms with Crippen LogP contribution in [0.3, 0.4) is 0 Å². The molecule has 0 spiro atoms. The number of hydrogen-bond acceptors (Lipinski definition) is 3. The first kappa shape index (κ1) is 24.3. The topological polar surface area (TPSA) is 75.6 Å². The molecule has 0 radical (unpaired) electrons. The van der Waals surface area contributed by atoms with Crippen LogP contribution in [0.25, 0.3) is 0 Å². The average Bonchev–Trinajstić information content (AvgIpc) is 3.36. The van der Waals surface area contributed by atoms with Crippen molar-refractivity contribution in [1.82, 2.24) is 5.32 Å². The molecule has 1 atom stereocenters. The largest absolute Gasteiger partial charge is 0.494 e. The molecule has 2 aliphatic carbocycles. The highest BCUT2D eigenvalue weighted by molar-refractivity contribution is 5.89. The number of carbonyl (C=O) groups excluding carboxylic acids is 1. The van der Waals surface area contributed by atoms with Crippen LogP contribution in [0.4, 0.5) is 0 Å². The molecule has 4 rings (SSSR count). The third kappa shape index (κ3) is 5.63. The summed E-state index contributed by atoms with van der Waals surface area (Å²) in [5, 5.41) is 12.3. The summed E-state index contributed by atoms with van der Waals surface area (Å²) < 4.78 is 6.03. The molecule has 1 unspecified atom stereocenters. The van der Waals surface area contributed by atoms with Gasteiger partial charge >= 0.3 is 5.97 Å². The van der Waals surface area contributed by atoms with Gasteiger partial charge in [-0.15, -0.1) is 0 Å². The second-order valence-corrected chi connectivity index (χ2v) is 10.1. The maximum atomic E-state index is 13.5. The van der Waals surface area contributed by atoms with E-state index >= 15 is 0 Å². The molecule has 2 saturated carbocycles. The van der Waals surface area contributed by atoms with Crippen LogP contribution in [0.5, 0.6) is 5.75 Å². The van der Waals surface area contributed by atoms with Crippen LogP contribution in [-0.2, 0) is 10.2 Å². The standard InChI is InChI=1S/C29H37NO4/c1-21(23-9-11-24(12-10-23)27(31)32)30-28(33)29(18-5-6-19-29)25-13-15-26(16-14-25)34-20-17-22-7-3-2-4-8-22/h9-16,21-22H,2-8,17-20H2,1H3,(H,30,33)(H,31,32). The molecule has 0 aromatic heterocycles. The Labute approximate surface area is 202 Å². The fourth-order valence-electron chi connectivity index (χ4n) is 5.65. The Hall–Kier alpha value is -2.82. The molecule has 2 aromatic carbocycles. The molecule has 5 heteroatoms. The third-order valence-corrected chi connectivity index (χ3v) is 7.82. The van der Waals surface area contributed by atoms with E-state index in [4.69, 9.17) is 9.84 Å². The van der Waals surface area contributed by atoms with Crippen molar-refractivity contribution in [3.05, 3.63) is 65.2 Å². The van der Waals surface area contributed by atoms with E-state index in [2.05, 4.69) is 17.4 Å². The van der Waals surface area contributed by atoms with Gasteiger partial charge in [-0.05, 0) is 67.5 Å². The van der Waals surface area contributed by atoms with Crippen molar-refractivity contribution in [1.29, 1.82) is 0 Å². The average molecular weight is 464 g/mol. The van der Waals surface area contributed by atoms with E-state index in [-0.39, 0.29) is 17.5 Å². The normalized spacial score (nSPS) is 18.9. The lowest BCUT2D eigenvalue weighted by atomic mass is 9.77. The summed E-state index contributed by atoms with van der Waals surface area (Å²) in [5.41, 5.74) is 1.68. The zero-order valence-electron chi connectivity index (χ0n) is 20.2. The number of benzene rings is 2. The molecule has 2 fully saturated rings. The second-order valence-electron chi connectivity index (χ2n) is 10.1. The van der Waals surface area contributed by atoms with Crippen LogP contribution in [0, 0.1) is 5.92 Å². The molecule has 0 aliphatic heterocycles. The quantitative estimate of drug-likeness (QED) is 0.450. The number of rotatable bonds is 9. The summed E-state index contributed by atoms with van der Waals surface area (Å²) in [6, 6.07) is 14.7. The molecule has 1 amide bonds. The number of aromatic carboxylic acids is 1. The lowest BCUT2D eigenvalue weighted by Gasteiger charge is -2.30. The lowest BCUT2D eigenvalue weighted by Crippen LogP contribution is -2.43. The third-order valence-electron chi connectivity index (χ3n) is 7.82. The van der Waals surface area contributed by atoms with Gasteiger partial charge in [0.1, 0.15) is 5.75 Å². The summed E-state index contributed by atoms with van der Waals surface area (Å²) in [4.78, 5) is 24.6. The molecule has 2 aliphatic rings. The Kier molecular flexibility index (Phi) is 7.91. The van der Waals surface area contributed by atoms with Crippen molar-refractivity contribution in [2.24, 2.45) is 5.92 Å². The number of carboxylic acids is 1. The Morgan fingerprint density at radius 1 is 0.971 bits per heavy atom. The van der Waals surface area contributed by atoms with Crippen LogP contribution in [0.2, 0.25) is 0 Å². The van der Waals surface area contributed by atoms with Crippen molar-refractivity contribution in [2.45, 2.75) is 82.6 Å². The minimum absolute atomic E-state index is 0.0470. The van der Waals surface area contributed by atoms with E-state index in [0.29, 0.717) is 0 Å². The van der Waals surface area contributed by atoms with Crippen molar-refractivity contribution >= 4 is 11.9 Å². The minimum Gasteiger partial charge on any atom is -0.494 e. The van der Waals surface area contributed by atoms with E-state index in [9.17, 15) is 9.59 Å². The number of ether oxygens (including phenoxy) is 1. The predicted octanol–water partition coefficient (Wildman–Crippen LogP) is 6.42. The molecule has 0 saturated heterocycles. The molecule has 2 aromatic rings. The van der Waals surface area contributed by atoms with Gasteiger partial charge in [0.2, 0.25) is 5.91 Å². The maximum Gasteiger partial charge on any atom is 0.335 e. The first-order chi connectivity index (χ1) is 16.5.